The highest BCUT2D eigenvalue weighted by atomic mass is 19.1. The van der Waals surface area contributed by atoms with Gasteiger partial charge in [0.2, 0.25) is 5.91 Å². The number of nitrogens with one attached hydrogen (secondary N) is 2. The van der Waals surface area contributed by atoms with E-state index in [2.05, 4.69) is 10.6 Å². The average Bonchev–Trinajstić information content (AvgIpc) is 2.82. The lowest BCUT2D eigenvalue weighted by Gasteiger charge is -2.36. The third kappa shape index (κ3) is 5.72. The van der Waals surface area contributed by atoms with E-state index in [-0.39, 0.29) is 35.2 Å². The second-order valence-electron chi connectivity index (χ2n) is 8.24. The van der Waals surface area contributed by atoms with Crippen LogP contribution in [0.5, 0.6) is 0 Å². The third-order valence-corrected chi connectivity index (χ3v) is 6.01. The average molecular weight is 440 g/mol. The number of halogens is 1. The van der Waals surface area contributed by atoms with Crippen LogP contribution in [0.3, 0.4) is 0 Å². The Morgan fingerprint density at radius 1 is 1.00 bits per heavy atom. The number of carbonyl (C=O) groups excluding carboxylic acids is 3. The monoisotopic (exact) mass is 439 g/mol. The molecule has 7 heteroatoms. The van der Waals surface area contributed by atoms with Gasteiger partial charge in [-0.3, -0.25) is 14.4 Å². The van der Waals surface area contributed by atoms with Crippen LogP contribution in [0.2, 0.25) is 0 Å². The van der Waals surface area contributed by atoms with E-state index in [4.69, 9.17) is 0 Å². The molecule has 0 spiro atoms. The molecule has 3 rings (SSSR count). The Morgan fingerprint density at radius 2 is 1.62 bits per heavy atom. The first kappa shape index (κ1) is 23.4. The summed E-state index contributed by atoms with van der Waals surface area (Å²) in [6, 6.07) is 14.0. The Hall–Kier alpha value is -3.22. The summed E-state index contributed by atoms with van der Waals surface area (Å²) in [4.78, 5) is 40.1. The van der Waals surface area contributed by atoms with E-state index < -0.39 is 11.9 Å². The standard InChI is InChI=1S/C25H30FN3O3/c1-3-17(2)27-24(31)22(28-23(30)19-9-5-4-6-10-19)18-13-15-29(16-14-18)25(32)20-11-7-8-12-21(20)26/h4-12,17-18,22H,3,13-16H2,1-2H3,(H,27,31)(H,28,30)/t17-,22+/m0/s1. The fourth-order valence-corrected chi connectivity index (χ4v) is 3.89. The number of rotatable bonds is 7. The smallest absolute Gasteiger partial charge is 0.256 e. The summed E-state index contributed by atoms with van der Waals surface area (Å²) < 4.78 is 14.0. The molecular formula is C25H30FN3O3. The topological polar surface area (TPSA) is 78.5 Å². The van der Waals surface area contributed by atoms with Crippen molar-refractivity contribution in [1.82, 2.24) is 15.5 Å². The van der Waals surface area contributed by atoms with Crippen molar-refractivity contribution in [1.29, 1.82) is 0 Å². The quantitative estimate of drug-likeness (QED) is 0.694. The molecule has 2 aromatic carbocycles. The first-order chi connectivity index (χ1) is 15.4. The Bertz CT molecular complexity index is 942. The minimum Gasteiger partial charge on any atom is -0.352 e. The number of piperidine rings is 1. The van der Waals surface area contributed by atoms with Gasteiger partial charge in [0.15, 0.2) is 0 Å². The number of carbonyl (C=O) groups is 3. The zero-order chi connectivity index (χ0) is 23.1. The Morgan fingerprint density at radius 3 is 2.25 bits per heavy atom. The van der Waals surface area contributed by atoms with Crippen LogP contribution in [0, 0.1) is 11.7 Å². The van der Waals surface area contributed by atoms with E-state index >= 15 is 0 Å². The third-order valence-electron chi connectivity index (χ3n) is 6.01. The number of benzene rings is 2. The zero-order valence-corrected chi connectivity index (χ0v) is 18.5. The summed E-state index contributed by atoms with van der Waals surface area (Å²) in [6.45, 7) is 4.69. The van der Waals surface area contributed by atoms with Crippen LogP contribution in [0.25, 0.3) is 0 Å². The summed E-state index contributed by atoms with van der Waals surface area (Å²) in [5.74, 6) is -1.55. The summed E-state index contributed by atoms with van der Waals surface area (Å²) >= 11 is 0. The Balaban J connectivity index is 1.70. The zero-order valence-electron chi connectivity index (χ0n) is 18.5. The van der Waals surface area contributed by atoms with Gasteiger partial charge >= 0.3 is 0 Å². The molecule has 1 saturated heterocycles. The van der Waals surface area contributed by atoms with Crippen molar-refractivity contribution in [3.8, 4) is 0 Å². The second-order valence-corrected chi connectivity index (χ2v) is 8.24. The normalized spacial score (nSPS) is 16.2. The molecule has 0 radical (unpaired) electrons. The van der Waals surface area contributed by atoms with Gasteiger partial charge in [-0.2, -0.15) is 0 Å². The molecule has 32 heavy (non-hydrogen) atoms. The molecule has 0 aromatic heterocycles. The molecule has 0 unspecified atom stereocenters. The van der Waals surface area contributed by atoms with Crippen molar-refractivity contribution in [2.24, 2.45) is 5.92 Å². The molecule has 1 aliphatic rings. The van der Waals surface area contributed by atoms with Crippen LogP contribution in [0.1, 0.15) is 53.8 Å². The number of nitrogens with zero attached hydrogens (tertiary/aromatic N) is 1. The molecular weight excluding hydrogens is 409 g/mol. The van der Waals surface area contributed by atoms with Crippen LogP contribution < -0.4 is 10.6 Å². The van der Waals surface area contributed by atoms with Crippen LogP contribution in [-0.4, -0.2) is 47.8 Å². The minimum atomic E-state index is -0.706. The van der Waals surface area contributed by atoms with Crippen molar-refractivity contribution in [3.63, 3.8) is 0 Å². The van der Waals surface area contributed by atoms with Gasteiger partial charge in [-0.15, -0.1) is 0 Å². The molecule has 0 bridgehead atoms. The van der Waals surface area contributed by atoms with Gasteiger partial charge in [-0.1, -0.05) is 37.3 Å². The molecule has 2 aromatic rings. The maximum absolute atomic E-state index is 14.0. The van der Waals surface area contributed by atoms with Gasteiger partial charge in [-0.05, 0) is 56.4 Å². The lowest BCUT2D eigenvalue weighted by atomic mass is 9.88. The van der Waals surface area contributed by atoms with Crippen LogP contribution in [0.4, 0.5) is 4.39 Å². The van der Waals surface area contributed by atoms with E-state index in [1.165, 1.54) is 12.1 Å². The van der Waals surface area contributed by atoms with E-state index in [9.17, 15) is 18.8 Å². The van der Waals surface area contributed by atoms with Gasteiger partial charge in [0, 0.05) is 24.7 Å². The van der Waals surface area contributed by atoms with Crippen molar-refractivity contribution in [3.05, 3.63) is 71.5 Å². The van der Waals surface area contributed by atoms with E-state index in [1.54, 1.807) is 41.3 Å². The summed E-state index contributed by atoms with van der Waals surface area (Å²) in [5.41, 5.74) is 0.537. The van der Waals surface area contributed by atoms with Crippen LogP contribution >= 0.6 is 0 Å². The highest BCUT2D eigenvalue weighted by Crippen LogP contribution is 2.24. The number of hydrogen-bond acceptors (Lipinski definition) is 3. The molecule has 2 atom stereocenters. The van der Waals surface area contributed by atoms with Gasteiger partial charge < -0.3 is 15.5 Å². The highest BCUT2D eigenvalue weighted by molar-refractivity contribution is 5.97. The van der Waals surface area contributed by atoms with Gasteiger partial charge in [0.1, 0.15) is 11.9 Å². The predicted molar refractivity (Wildman–Crippen MR) is 121 cm³/mol. The molecule has 6 nitrogen and oxygen atoms in total. The first-order valence-electron chi connectivity index (χ1n) is 11.1. The Kier molecular flexibility index (Phi) is 7.98. The SMILES string of the molecule is CC[C@H](C)NC(=O)[C@H](NC(=O)c1ccccc1)C1CCN(C(=O)c2ccccc2F)CC1. The minimum absolute atomic E-state index is 0.0126. The highest BCUT2D eigenvalue weighted by Gasteiger charge is 2.34. The van der Waals surface area contributed by atoms with Crippen LogP contribution in [0.15, 0.2) is 54.6 Å². The summed E-state index contributed by atoms with van der Waals surface area (Å²) in [5, 5.41) is 5.87. The van der Waals surface area contributed by atoms with E-state index in [1.807, 2.05) is 19.9 Å². The molecule has 1 aliphatic heterocycles. The van der Waals surface area contributed by atoms with Gasteiger partial charge in [0.05, 0.1) is 5.56 Å². The lowest BCUT2D eigenvalue weighted by molar-refractivity contribution is -0.125. The second kappa shape index (κ2) is 10.9. The van der Waals surface area contributed by atoms with E-state index in [0.29, 0.717) is 31.5 Å². The van der Waals surface area contributed by atoms with Gasteiger partial charge in [0.25, 0.3) is 11.8 Å². The molecule has 2 N–H and O–H groups in total. The summed E-state index contributed by atoms with van der Waals surface area (Å²) in [6.07, 6.45) is 1.85. The van der Waals surface area contributed by atoms with Crippen molar-refractivity contribution < 1.29 is 18.8 Å². The molecule has 0 aliphatic carbocycles. The maximum Gasteiger partial charge on any atom is 0.256 e. The van der Waals surface area contributed by atoms with Crippen LogP contribution in [-0.2, 0) is 4.79 Å². The number of amides is 3. The van der Waals surface area contributed by atoms with Crippen molar-refractivity contribution in [2.45, 2.75) is 45.2 Å². The fraction of sp³-hybridized carbons (Fsp3) is 0.400. The van der Waals surface area contributed by atoms with E-state index in [0.717, 1.165) is 6.42 Å². The molecule has 170 valence electrons. The maximum atomic E-state index is 14.0. The number of hydrogen-bond donors (Lipinski definition) is 2. The summed E-state index contributed by atoms with van der Waals surface area (Å²) in [7, 11) is 0. The first-order valence-corrected chi connectivity index (χ1v) is 11.1. The molecule has 3 amide bonds. The van der Waals surface area contributed by atoms with Crippen molar-refractivity contribution >= 4 is 17.7 Å². The van der Waals surface area contributed by atoms with Crippen molar-refractivity contribution in [2.75, 3.05) is 13.1 Å². The largest absolute Gasteiger partial charge is 0.352 e. The van der Waals surface area contributed by atoms with Gasteiger partial charge in [-0.25, -0.2) is 4.39 Å². The molecule has 1 fully saturated rings. The fourth-order valence-electron chi connectivity index (χ4n) is 3.89. The molecule has 0 saturated carbocycles. The predicted octanol–water partition coefficient (Wildman–Crippen LogP) is 3.39. The molecule has 1 heterocycles. The number of likely N-dealkylation sites (tertiary alicyclic amines) is 1. The lowest BCUT2D eigenvalue weighted by Crippen LogP contribution is -2.55. The Labute approximate surface area is 188 Å².